The van der Waals surface area contributed by atoms with Crippen LogP contribution in [0, 0.1) is 12.8 Å². The Morgan fingerprint density at radius 2 is 2.12 bits per heavy atom. The van der Waals surface area contributed by atoms with Crippen molar-refractivity contribution in [3.8, 4) is 0 Å². The highest BCUT2D eigenvalue weighted by atomic mass is 15.1. The number of rotatable bonds is 4. The molecule has 1 unspecified atom stereocenters. The van der Waals surface area contributed by atoms with Crippen LogP contribution in [0.4, 0.5) is 0 Å². The number of likely N-dealkylation sites (tertiary alicyclic amines) is 1. The van der Waals surface area contributed by atoms with Gasteiger partial charge in [-0.15, -0.1) is 0 Å². The summed E-state index contributed by atoms with van der Waals surface area (Å²) in [6, 6.07) is 15.6. The maximum absolute atomic E-state index is 4.12. The molecule has 1 aromatic heterocycles. The van der Waals surface area contributed by atoms with Crippen molar-refractivity contribution in [2.24, 2.45) is 5.92 Å². The SMILES string of the molecule is Cc1cccc(CN2CCCC(Cc3ccc4[nH]ncc4c3)C2)c1. The van der Waals surface area contributed by atoms with E-state index in [1.807, 2.05) is 6.20 Å². The van der Waals surface area contributed by atoms with Crippen molar-refractivity contribution in [2.45, 2.75) is 32.7 Å². The summed E-state index contributed by atoms with van der Waals surface area (Å²) >= 11 is 0. The fourth-order valence-corrected chi connectivity index (χ4v) is 3.98. The number of H-pyrrole nitrogens is 1. The van der Waals surface area contributed by atoms with E-state index in [1.165, 1.54) is 54.4 Å². The number of fused-ring (bicyclic) bond motifs is 1. The number of aromatic amines is 1. The molecule has 3 nitrogen and oxygen atoms in total. The molecular formula is C21H25N3. The van der Waals surface area contributed by atoms with Crippen LogP contribution in [0.5, 0.6) is 0 Å². The van der Waals surface area contributed by atoms with Crippen LogP contribution in [0.25, 0.3) is 10.9 Å². The number of aryl methyl sites for hydroxylation is 1. The molecule has 1 fully saturated rings. The molecule has 0 saturated carbocycles. The van der Waals surface area contributed by atoms with Crippen LogP contribution in [-0.4, -0.2) is 28.2 Å². The zero-order valence-electron chi connectivity index (χ0n) is 14.3. The molecule has 1 saturated heterocycles. The third-order valence-electron chi connectivity index (χ3n) is 5.12. The van der Waals surface area contributed by atoms with E-state index in [2.05, 4.69) is 64.5 Å². The van der Waals surface area contributed by atoms with E-state index < -0.39 is 0 Å². The molecule has 0 aliphatic carbocycles. The summed E-state index contributed by atoms with van der Waals surface area (Å²) in [5, 5.41) is 8.38. The second kappa shape index (κ2) is 6.78. The van der Waals surface area contributed by atoms with Crippen molar-refractivity contribution in [1.29, 1.82) is 0 Å². The lowest BCUT2D eigenvalue weighted by atomic mass is 9.90. The van der Waals surface area contributed by atoms with Gasteiger partial charge < -0.3 is 0 Å². The van der Waals surface area contributed by atoms with Crippen LogP contribution >= 0.6 is 0 Å². The van der Waals surface area contributed by atoms with Crippen LogP contribution < -0.4 is 0 Å². The summed E-state index contributed by atoms with van der Waals surface area (Å²) < 4.78 is 0. The molecule has 2 aromatic carbocycles. The molecule has 0 radical (unpaired) electrons. The Labute approximate surface area is 143 Å². The Kier molecular flexibility index (Phi) is 4.35. The Bertz CT molecular complexity index is 821. The van der Waals surface area contributed by atoms with Crippen molar-refractivity contribution in [2.75, 3.05) is 13.1 Å². The molecule has 2 heterocycles. The van der Waals surface area contributed by atoms with E-state index >= 15 is 0 Å². The van der Waals surface area contributed by atoms with Crippen LogP contribution in [0.3, 0.4) is 0 Å². The van der Waals surface area contributed by atoms with E-state index in [9.17, 15) is 0 Å². The van der Waals surface area contributed by atoms with Gasteiger partial charge in [-0.05, 0) is 61.9 Å². The molecule has 124 valence electrons. The summed E-state index contributed by atoms with van der Waals surface area (Å²) in [5.74, 6) is 0.757. The van der Waals surface area contributed by atoms with E-state index in [-0.39, 0.29) is 0 Å². The van der Waals surface area contributed by atoms with E-state index in [0.717, 1.165) is 18.0 Å². The fourth-order valence-electron chi connectivity index (χ4n) is 3.98. The first-order chi connectivity index (χ1) is 11.8. The Balaban J connectivity index is 1.40. The van der Waals surface area contributed by atoms with Gasteiger partial charge in [-0.3, -0.25) is 10.00 Å². The number of hydrogen-bond acceptors (Lipinski definition) is 2. The maximum atomic E-state index is 4.12. The highest BCUT2D eigenvalue weighted by Crippen LogP contribution is 2.24. The van der Waals surface area contributed by atoms with Gasteiger partial charge in [-0.2, -0.15) is 5.10 Å². The molecule has 1 aliphatic heterocycles. The minimum absolute atomic E-state index is 0.757. The van der Waals surface area contributed by atoms with Gasteiger partial charge in [0.25, 0.3) is 0 Å². The van der Waals surface area contributed by atoms with Crippen molar-refractivity contribution >= 4 is 10.9 Å². The van der Waals surface area contributed by atoms with Gasteiger partial charge in [0.1, 0.15) is 0 Å². The van der Waals surface area contributed by atoms with Crippen molar-refractivity contribution in [3.05, 3.63) is 65.4 Å². The van der Waals surface area contributed by atoms with Gasteiger partial charge in [-0.25, -0.2) is 0 Å². The Morgan fingerprint density at radius 1 is 1.17 bits per heavy atom. The lowest BCUT2D eigenvalue weighted by Crippen LogP contribution is -2.35. The first kappa shape index (κ1) is 15.4. The number of piperidine rings is 1. The summed E-state index contributed by atoms with van der Waals surface area (Å²) in [6.07, 6.45) is 5.74. The molecule has 4 rings (SSSR count). The highest BCUT2D eigenvalue weighted by molar-refractivity contribution is 5.78. The van der Waals surface area contributed by atoms with E-state index in [0.29, 0.717) is 0 Å². The predicted octanol–water partition coefficient (Wildman–Crippen LogP) is 4.33. The normalized spacial score (nSPS) is 19.0. The largest absolute Gasteiger partial charge is 0.299 e. The summed E-state index contributed by atoms with van der Waals surface area (Å²) in [7, 11) is 0. The van der Waals surface area contributed by atoms with Crippen molar-refractivity contribution in [3.63, 3.8) is 0 Å². The van der Waals surface area contributed by atoms with Crippen LogP contribution in [0.1, 0.15) is 29.5 Å². The smallest absolute Gasteiger partial charge is 0.0650 e. The van der Waals surface area contributed by atoms with Crippen LogP contribution in [0.15, 0.2) is 48.7 Å². The number of benzene rings is 2. The molecule has 0 bridgehead atoms. The molecule has 1 aliphatic rings. The molecule has 0 amide bonds. The van der Waals surface area contributed by atoms with Crippen LogP contribution in [0.2, 0.25) is 0 Å². The van der Waals surface area contributed by atoms with Gasteiger partial charge in [0.2, 0.25) is 0 Å². The minimum Gasteiger partial charge on any atom is -0.299 e. The van der Waals surface area contributed by atoms with Gasteiger partial charge >= 0.3 is 0 Å². The highest BCUT2D eigenvalue weighted by Gasteiger charge is 2.20. The molecule has 3 heteroatoms. The molecule has 1 N–H and O–H groups in total. The molecule has 0 spiro atoms. The minimum atomic E-state index is 0.757. The summed E-state index contributed by atoms with van der Waals surface area (Å²) in [5.41, 5.74) is 5.36. The van der Waals surface area contributed by atoms with Crippen molar-refractivity contribution in [1.82, 2.24) is 15.1 Å². The lowest BCUT2D eigenvalue weighted by molar-refractivity contribution is 0.167. The quantitative estimate of drug-likeness (QED) is 0.776. The first-order valence-corrected chi connectivity index (χ1v) is 8.96. The summed E-state index contributed by atoms with van der Waals surface area (Å²) in [4.78, 5) is 2.62. The van der Waals surface area contributed by atoms with Gasteiger partial charge in [-0.1, -0.05) is 35.9 Å². The first-order valence-electron chi connectivity index (χ1n) is 8.96. The van der Waals surface area contributed by atoms with E-state index in [1.54, 1.807) is 0 Å². The zero-order valence-corrected chi connectivity index (χ0v) is 14.3. The van der Waals surface area contributed by atoms with Gasteiger partial charge in [0.15, 0.2) is 0 Å². The lowest BCUT2D eigenvalue weighted by Gasteiger charge is -2.33. The molecule has 24 heavy (non-hydrogen) atoms. The van der Waals surface area contributed by atoms with Gasteiger partial charge in [0, 0.05) is 18.5 Å². The van der Waals surface area contributed by atoms with Crippen molar-refractivity contribution < 1.29 is 0 Å². The monoisotopic (exact) mass is 319 g/mol. The second-order valence-corrected chi connectivity index (χ2v) is 7.23. The number of nitrogens with one attached hydrogen (secondary N) is 1. The third kappa shape index (κ3) is 3.51. The van der Waals surface area contributed by atoms with Gasteiger partial charge in [0.05, 0.1) is 11.7 Å². The average Bonchev–Trinajstić information content (AvgIpc) is 3.03. The zero-order chi connectivity index (χ0) is 16.4. The topological polar surface area (TPSA) is 31.9 Å². The Morgan fingerprint density at radius 3 is 3.04 bits per heavy atom. The third-order valence-corrected chi connectivity index (χ3v) is 5.12. The molecule has 3 aromatic rings. The fraction of sp³-hybridized carbons (Fsp3) is 0.381. The van der Waals surface area contributed by atoms with E-state index in [4.69, 9.17) is 0 Å². The number of nitrogens with zero attached hydrogens (tertiary/aromatic N) is 2. The Hall–Kier alpha value is -2.13. The van der Waals surface area contributed by atoms with Crippen LogP contribution in [-0.2, 0) is 13.0 Å². The second-order valence-electron chi connectivity index (χ2n) is 7.23. The number of hydrogen-bond donors (Lipinski definition) is 1. The molecule has 1 atom stereocenters. The summed E-state index contributed by atoms with van der Waals surface area (Å²) in [6.45, 7) is 5.69. The predicted molar refractivity (Wildman–Crippen MR) is 99.0 cm³/mol. The molecular weight excluding hydrogens is 294 g/mol. The number of aromatic nitrogens is 2. The standard InChI is InChI=1S/C21H25N3/c1-16-4-2-5-18(10-16)14-24-9-3-6-19(15-24)11-17-7-8-21-20(12-17)13-22-23-21/h2,4-5,7-8,10,12-13,19H,3,6,9,11,14-15H2,1H3,(H,22,23). The maximum Gasteiger partial charge on any atom is 0.0650 e. The average molecular weight is 319 g/mol.